The lowest BCUT2D eigenvalue weighted by atomic mass is 10.2. The third kappa shape index (κ3) is 3.84. The number of likely N-dealkylation sites (N-methyl/N-ethyl adjacent to an activating group) is 1. The lowest BCUT2D eigenvalue weighted by Crippen LogP contribution is -2.39. The van der Waals surface area contributed by atoms with E-state index in [1.807, 2.05) is 0 Å². The van der Waals surface area contributed by atoms with Crippen molar-refractivity contribution >= 4 is 35.6 Å². The van der Waals surface area contributed by atoms with Crippen molar-refractivity contribution in [2.24, 2.45) is 5.73 Å². The number of halogens is 1. The Balaban J connectivity index is 0.00000220. The molecule has 1 aromatic carbocycles. The Bertz CT molecular complexity index is 538. The van der Waals surface area contributed by atoms with Gasteiger partial charge in [-0.15, -0.1) is 12.4 Å². The third-order valence-corrected chi connectivity index (χ3v) is 3.00. The fourth-order valence-electron chi connectivity index (χ4n) is 1.84. The van der Waals surface area contributed by atoms with Crippen LogP contribution in [0.15, 0.2) is 18.2 Å². The first kappa shape index (κ1) is 17.2. The van der Waals surface area contributed by atoms with Gasteiger partial charge in [0.25, 0.3) is 5.91 Å². The van der Waals surface area contributed by atoms with Gasteiger partial charge in [-0.1, -0.05) is 0 Å². The van der Waals surface area contributed by atoms with Crippen LogP contribution in [0.3, 0.4) is 0 Å². The van der Waals surface area contributed by atoms with E-state index in [0.29, 0.717) is 17.1 Å². The van der Waals surface area contributed by atoms with Gasteiger partial charge in [-0.05, 0) is 18.2 Å². The first-order valence-electron chi connectivity index (χ1n) is 6.11. The van der Waals surface area contributed by atoms with Crippen molar-refractivity contribution in [3.05, 3.63) is 18.2 Å². The molecule has 2 amide bonds. The first-order valence-corrected chi connectivity index (χ1v) is 6.11. The number of fused-ring (bicyclic) bond motifs is 1. The van der Waals surface area contributed by atoms with E-state index in [0.717, 1.165) is 0 Å². The molecule has 0 fully saturated rings. The summed E-state index contributed by atoms with van der Waals surface area (Å²) in [6, 6.07) is 4.33. The number of benzene rings is 1. The molecular weight excluding hydrogens is 298 g/mol. The molecule has 1 atom stereocenters. The number of nitrogens with zero attached hydrogens (tertiary/aromatic N) is 1. The van der Waals surface area contributed by atoms with Crippen LogP contribution >= 0.6 is 12.4 Å². The number of hydrogen-bond acceptors (Lipinski definition) is 5. The number of carbonyl (C=O) groups is 2. The predicted octanol–water partition coefficient (Wildman–Crippen LogP) is 0.376. The Morgan fingerprint density at radius 2 is 2.29 bits per heavy atom. The minimum atomic E-state index is -0.744. The Morgan fingerprint density at radius 3 is 2.95 bits per heavy atom. The van der Waals surface area contributed by atoms with Crippen molar-refractivity contribution in [2.45, 2.75) is 6.04 Å². The highest BCUT2D eigenvalue weighted by molar-refractivity contribution is 5.99. The smallest absolute Gasteiger partial charge is 0.264 e. The van der Waals surface area contributed by atoms with Crippen LogP contribution in [0.1, 0.15) is 0 Å². The van der Waals surface area contributed by atoms with E-state index in [1.54, 1.807) is 25.2 Å². The Hall–Kier alpha value is -1.83. The topological polar surface area (TPSA) is 93.9 Å². The normalized spacial score (nSPS) is 14.6. The minimum Gasteiger partial charge on any atom is -0.482 e. The average Bonchev–Trinajstić information content (AvgIpc) is 2.43. The molecule has 1 aromatic rings. The highest BCUT2D eigenvalue weighted by atomic mass is 35.5. The molecule has 21 heavy (non-hydrogen) atoms. The second-order valence-corrected chi connectivity index (χ2v) is 4.48. The number of rotatable bonds is 4. The van der Waals surface area contributed by atoms with Crippen LogP contribution in [0.4, 0.5) is 11.4 Å². The first-order chi connectivity index (χ1) is 9.52. The molecule has 7 nitrogen and oxygen atoms in total. The molecule has 0 saturated heterocycles. The number of anilines is 2. The van der Waals surface area contributed by atoms with Crippen molar-refractivity contribution < 1.29 is 19.1 Å². The Morgan fingerprint density at radius 1 is 1.57 bits per heavy atom. The molecule has 0 saturated carbocycles. The molecule has 0 aromatic heterocycles. The summed E-state index contributed by atoms with van der Waals surface area (Å²) in [6.45, 7) is 0.159. The second-order valence-electron chi connectivity index (χ2n) is 4.48. The summed E-state index contributed by atoms with van der Waals surface area (Å²) in [6.07, 6.45) is 0. The van der Waals surface area contributed by atoms with Gasteiger partial charge in [0.2, 0.25) is 5.91 Å². The zero-order chi connectivity index (χ0) is 14.7. The fraction of sp³-hybridized carbons (Fsp3) is 0.385. The number of ether oxygens (including phenoxy) is 2. The number of methoxy groups -OCH3 is 1. The zero-order valence-corrected chi connectivity index (χ0v) is 12.6. The summed E-state index contributed by atoms with van der Waals surface area (Å²) in [7, 11) is 3.13. The molecule has 0 radical (unpaired) electrons. The zero-order valence-electron chi connectivity index (χ0n) is 11.8. The minimum absolute atomic E-state index is 0. The van der Waals surface area contributed by atoms with Crippen molar-refractivity contribution in [3.63, 3.8) is 0 Å². The van der Waals surface area contributed by atoms with Crippen LogP contribution in [-0.2, 0) is 14.3 Å². The van der Waals surface area contributed by atoms with Gasteiger partial charge in [0, 0.05) is 19.8 Å². The monoisotopic (exact) mass is 315 g/mol. The standard InChI is InChI=1S/C13H17N3O4.ClH/c1-16-10-5-8(15-13(18)9(14)6-19-2)3-4-11(10)20-7-12(16)17;/h3-5,9H,6-7,14H2,1-2H3,(H,15,18);1H. The summed E-state index contributed by atoms with van der Waals surface area (Å²) in [5, 5.41) is 2.67. The van der Waals surface area contributed by atoms with Gasteiger partial charge in [-0.25, -0.2) is 0 Å². The van der Waals surface area contributed by atoms with E-state index in [-0.39, 0.29) is 37.4 Å². The van der Waals surface area contributed by atoms with Crippen LogP contribution < -0.4 is 20.7 Å². The van der Waals surface area contributed by atoms with Crippen LogP contribution in [0.2, 0.25) is 0 Å². The molecular formula is C13H18ClN3O4. The lowest BCUT2D eigenvalue weighted by Gasteiger charge is -2.26. The van der Waals surface area contributed by atoms with E-state index in [1.165, 1.54) is 12.0 Å². The molecule has 8 heteroatoms. The highest BCUT2D eigenvalue weighted by Gasteiger charge is 2.23. The third-order valence-electron chi connectivity index (χ3n) is 3.00. The maximum absolute atomic E-state index is 11.8. The molecule has 1 aliphatic heterocycles. The summed E-state index contributed by atoms with van der Waals surface area (Å²) < 4.78 is 10.1. The van der Waals surface area contributed by atoms with E-state index in [9.17, 15) is 9.59 Å². The fourth-order valence-corrected chi connectivity index (χ4v) is 1.84. The maximum Gasteiger partial charge on any atom is 0.264 e. The SMILES string of the molecule is COCC(N)C(=O)Nc1ccc2c(c1)N(C)C(=O)CO2.Cl. The van der Waals surface area contributed by atoms with Crippen molar-refractivity contribution in [1.29, 1.82) is 0 Å². The highest BCUT2D eigenvalue weighted by Crippen LogP contribution is 2.33. The summed E-state index contributed by atoms with van der Waals surface area (Å²) in [4.78, 5) is 24.8. The van der Waals surface area contributed by atoms with Gasteiger partial charge in [-0.2, -0.15) is 0 Å². The molecule has 2 rings (SSSR count). The van der Waals surface area contributed by atoms with Crippen LogP contribution in [0.25, 0.3) is 0 Å². The van der Waals surface area contributed by atoms with E-state index < -0.39 is 6.04 Å². The molecule has 116 valence electrons. The summed E-state index contributed by atoms with van der Waals surface area (Å²) >= 11 is 0. The van der Waals surface area contributed by atoms with E-state index in [2.05, 4.69) is 5.32 Å². The largest absolute Gasteiger partial charge is 0.482 e. The molecule has 1 aliphatic rings. The predicted molar refractivity (Wildman–Crippen MR) is 81.1 cm³/mol. The van der Waals surface area contributed by atoms with Crippen LogP contribution in [0, 0.1) is 0 Å². The van der Waals surface area contributed by atoms with Gasteiger partial charge in [0.1, 0.15) is 11.8 Å². The van der Waals surface area contributed by atoms with Crippen LogP contribution in [-0.4, -0.2) is 45.2 Å². The Kier molecular flexibility index (Phi) is 5.95. The van der Waals surface area contributed by atoms with Gasteiger partial charge in [0.05, 0.1) is 12.3 Å². The van der Waals surface area contributed by atoms with Crippen molar-refractivity contribution in [2.75, 3.05) is 37.6 Å². The van der Waals surface area contributed by atoms with Crippen molar-refractivity contribution in [1.82, 2.24) is 0 Å². The quantitative estimate of drug-likeness (QED) is 0.837. The van der Waals surface area contributed by atoms with Gasteiger partial charge in [-0.3, -0.25) is 9.59 Å². The molecule has 0 bridgehead atoms. The van der Waals surface area contributed by atoms with E-state index >= 15 is 0 Å². The van der Waals surface area contributed by atoms with Crippen LogP contribution in [0.5, 0.6) is 5.75 Å². The van der Waals surface area contributed by atoms with Gasteiger partial charge < -0.3 is 25.4 Å². The number of amides is 2. The molecule has 3 N–H and O–H groups in total. The number of hydrogen-bond donors (Lipinski definition) is 2. The molecule has 1 heterocycles. The lowest BCUT2D eigenvalue weighted by molar-refractivity contribution is -0.121. The second kappa shape index (κ2) is 7.26. The molecule has 1 unspecified atom stereocenters. The summed E-state index contributed by atoms with van der Waals surface area (Å²) in [5.74, 6) is 0.112. The number of nitrogens with one attached hydrogen (secondary N) is 1. The Labute approximate surface area is 128 Å². The number of nitrogens with two attached hydrogens (primary N) is 1. The van der Waals surface area contributed by atoms with Gasteiger partial charge in [0.15, 0.2) is 6.61 Å². The number of carbonyl (C=O) groups excluding carboxylic acids is 2. The van der Waals surface area contributed by atoms with E-state index in [4.69, 9.17) is 15.2 Å². The molecule has 0 spiro atoms. The van der Waals surface area contributed by atoms with Crippen molar-refractivity contribution in [3.8, 4) is 5.75 Å². The average molecular weight is 316 g/mol. The summed E-state index contributed by atoms with van der Waals surface area (Å²) in [5.41, 5.74) is 6.79. The van der Waals surface area contributed by atoms with Gasteiger partial charge >= 0.3 is 0 Å². The molecule has 0 aliphatic carbocycles. The maximum atomic E-state index is 11.8.